The smallest absolute Gasteiger partial charge is 0.251 e. The fourth-order valence-electron chi connectivity index (χ4n) is 2.37. The molecule has 0 bridgehead atoms. The third kappa shape index (κ3) is 4.01. The molecule has 1 saturated heterocycles. The second-order valence-electron chi connectivity index (χ2n) is 5.17. The van der Waals surface area contributed by atoms with Crippen molar-refractivity contribution in [3.8, 4) is 5.75 Å². The monoisotopic (exact) mass is 332 g/mol. The Morgan fingerprint density at radius 2 is 1.90 bits per heavy atom. The third-order valence-electron chi connectivity index (χ3n) is 3.54. The number of aliphatic hydroxyl groups is 1. The molecule has 1 aliphatic heterocycles. The van der Waals surface area contributed by atoms with Crippen LogP contribution in [0.5, 0.6) is 5.75 Å². The number of nitrogens with zero attached hydrogens (tertiary/aromatic N) is 2. The van der Waals surface area contributed by atoms with E-state index in [0.717, 1.165) is 0 Å². The van der Waals surface area contributed by atoms with Crippen LogP contribution in [-0.2, 0) is 11.3 Å². The number of benzene rings is 1. The Hall–Kier alpha value is -1.01. The fraction of sp³-hybridized carbons (Fsp3) is 0.500. The van der Waals surface area contributed by atoms with Gasteiger partial charge in [-0.05, 0) is 19.1 Å². The van der Waals surface area contributed by atoms with Crippen LogP contribution in [0.4, 0.5) is 0 Å². The molecule has 2 rings (SSSR count). The van der Waals surface area contributed by atoms with E-state index in [1.807, 2.05) is 0 Å². The Morgan fingerprint density at radius 1 is 1.29 bits per heavy atom. The maximum Gasteiger partial charge on any atom is 0.251 e. The maximum absolute atomic E-state index is 11.7. The molecule has 1 aromatic carbocycles. The van der Waals surface area contributed by atoms with Crippen molar-refractivity contribution >= 4 is 29.1 Å². The van der Waals surface area contributed by atoms with Gasteiger partial charge in [0.25, 0.3) is 5.91 Å². The summed E-state index contributed by atoms with van der Waals surface area (Å²) < 4.78 is 0. The molecule has 1 fully saturated rings. The van der Waals surface area contributed by atoms with Gasteiger partial charge in [-0.3, -0.25) is 9.69 Å². The highest BCUT2D eigenvalue weighted by Crippen LogP contribution is 2.32. The van der Waals surface area contributed by atoms with Gasteiger partial charge >= 0.3 is 0 Å². The van der Waals surface area contributed by atoms with Crippen LogP contribution in [0, 0.1) is 0 Å². The summed E-state index contributed by atoms with van der Waals surface area (Å²) in [5, 5.41) is 20.0. The van der Waals surface area contributed by atoms with Crippen molar-refractivity contribution < 1.29 is 15.0 Å². The maximum atomic E-state index is 11.7. The number of carbonyl (C=O) groups is 1. The predicted molar refractivity (Wildman–Crippen MR) is 81.7 cm³/mol. The van der Waals surface area contributed by atoms with Crippen molar-refractivity contribution in [3.63, 3.8) is 0 Å². The van der Waals surface area contributed by atoms with Crippen molar-refractivity contribution in [2.24, 2.45) is 0 Å². The molecule has 7 heteroatoms. The average molecular weight is 333 g/mol. The third-order valence-corrected chi connectivity index (χ3v) is 4.05. The van der Waals surface area contributed by atoms with Gasteiger partial charge in [-0.25, -0.2) is 0 Å². The van der Waals surface area contributed by atoms with Gasteiger partial charge in [0.15, 0.2) is 0 Å². The summed E-state index contributed by atoms with van der Waals surface area (Å²) in [6.07, 6.45) is -0.965. The van der Waals surface area contributed by atoms with E-state index >= 15 is 0 Å². The number of carbonyl (C=O) groups excluding carboxylic acids is 1. The van der Waals surface area contributed by atoms with Gasteiger partial charge < -0.3 is 15.1 Å². The van der Waals surface area contributed by atoms with E-state index in [1.54, 1.807) is 11.0 Å². The lowest BCUT2D eigenvalue weighted by atomic mass is 10.1. The summed E-state index contributed by atoms with van der Waals surface area (Å²) in [7, 11) is 0. The van der Waals surface area contributed by atoms with Gasteiger partial charge in [-0.2, -0.15) is 0 Å². The van der Waals surface area contributed by atoms with Crippen molar-refractivity contribution in [1.29, 1.82) is 0 Å². The summed E-state index contributed by atoms with van der Waals surface area (Å²) in [4.78, 5) is 15.4. The molecule has 0 radical (unpaired) electrons. The van der Waals surface area contributed by atoms with Crippen LogP contribution in [0.1, 0.15) is 12.5 Å². The van der Waals surface area contributed by atoms with E-state index in [4.69, 9.17) is 23.2 Å². The fourth-order valence-corrected chi connectivity index (χ4v) is 2.91. The summed E-state index contributed by atoms with van der Waals surface area (Å²) in [6, 6.07) is 3.19. The van der Waals surface area contributed by atoms with Crippen LogP contribution in [0.25, 0.3) is 0 Å². The van der Waals surface area contributed by atoms with E-state index in [2.05, 4.69) is 4.90 Å². The van der Waals surface area contributed by atoms with E-state index < -0.39 is 6.10 Å². The van der Waals surface area contributed by atoms with Crippen LogP contribution in [0.15, 0.2) is 12.1 Å². The standard InChI is InChI=1S/C14H18Cl2N2O3/c1-9(19)14(21)18-4-2-17(3-5-18)8-10-6-11(15)7-12(16)13(10)20/h6-7,9,19-20H,2-5,8H2,1H3. The molecule has 2 N–H and O–H groups in total. The molecule has 1 aliphatic rings. The number of aromatic hydroxyl groups is 1. The second kappa shape index (κ2) is 6.83. The largest absolute Gasteiger partial charge is 0.506 e. The molecule has 1 amide bonds. The first-order valence-corrected chi connectivity index (χ1v) is 7.50. The molecule has 21 heavy (non-hydrogen) atoms. The number of rotatable bonds is 3. The van der Waals surface area contributed by atoms with Crippen molar-refractivity contribution in [3.05, 3.63) is 27.7 Å². The summed E-state index contributed by atoms with van der Waals surface area (Å²) in [6.45, 7) is 4.44. The molecule has 0 spiro atoms. The summed E-state index contributed by atoms with van der Waals surface area (Å²) in [5.74, 6) is -0.202. The lowest BCUT2D eigenvalue weighted by molar-refractivity contribution is -0.141. The van der Waals surface area contributed by atoms with E-state index in [-0.39, 0.29) is 16.7 Å². The quantitative estimate of drug-likeness (QED) is 0.884. The van der Waals surface area contributed by atoms with Gasteiger partial charge in [-0.1, -0.05) is 23.2 Å². The summed E-state index contributed by atoms with van der Waals surface area (Å²) in [5.41, 5.74) is 0.669. The Balaban J connectivity index is 1.97. The number of hydrogen-bond acceptors (Lipinski definition) is 4. The molecule has 116 valence electrons. The lowest BCUT2D eigenvalue weighted by Crippen LogP contribution is -2.50. The van der Waals surface area contributed by atoms with Crippen LogP contribution < -0.4 is 0 Å². The van der Waals surface area contributed by atoms with Crippen molar-refractivity contribution in [1.82, 2.24) is 9.80 Å². The zero-order valence-corrected chi connectivity index (χ0v) is 13.2. The Kier molecular flexibility index (Phi) is 5.32. The lowest BCUT2D eigenvalue weighted by Gasteiger charge is -2.35. The predicted octanol–water partition coefficient (Wildman–Crippen LogP) is 1.72. The Labute approximate surface area is 133 Å². The van der Waals surface area contributed by atoms with Gasteiger partial charge in [0.05, 0.1) is 5.02 Å². The number of hydrogen-bond donors (Lipinski definition) is 2. The zero-order valence-electron chi connectivity index (χ0n) is 11.7. The molecule has 0 saturated carbocycles. The summed E-state index contributed by atoms with van der Waals surface area (Å²) >= 11 is 11.8. The number of halogens is 2. The van der Waals surface area contributed by atoms with Crippen LogP contribution in [0.3, 0.4) is 0 Å². The number of amides is 1. The molecular weight excluding hydrogens is 315 g/mol. The van der Waals surface area contributed by atoms with E-state index in [1.165, 1.54) is 13.0 Å². The van der Waals surface area contributed by atoms with Crippen molar-refractivity contribution in [2.45, 2.75) is 19.6 Å². The number of phenolic OH excluding ortho intramolecular Hbond substituents is 1. The minimum absolute atomic E-state index is 0.0450. The molecule has 0 aromatic heterocycles. The highest BCUT2D eigenvalue weighted by atomic mass is 35.5. The van der Waals surface area contributed by atoms with Gasteiger partial charge in [-0.15, -0.1) is 0 Å². The minimum Gasteiger partial charge on any atom is -0.506 e. The van der Waals surface area contributed by atoms with E-state index in [9.17, 15) is 15.0 Å². The molecular formula is C14H18Cl2N2O3. The molecule has 1 atom stereocenters. The van der Waals surface area contributed by atoms with Gasteiger partial charge in [0.2, 0.25) is 0 Å². The van der Waals surface area contributed by atoms with Crippen molar-refractivity contribution in [2.75, 3.05) is 26.2 Å². The normalized spacial score (nSPS) is 17.8. The van der Waals surface area contributed by atoms with Crippen LogP contribution in [0.2, 0.25) is 10.0 Å². The second-order valence-corrected chi connectivity index (χ2v) is 6.02. The topological polar surface area (TPSA) is 64.0 Å². The number of piperazine rings is 1. The highest BCUT2D eigenvalue weighted by Gasteiger charge is 2.24. The van der Waals surface area contributed by atoms with Gasteiger partial charge in [0.1, 0.15) is 11.9 Å². The van der Waals surface area contributed by atoms with Crippen LogP contribution >= 0.6 is 23.2 Å². The molecule has 1 aromatic rings. The molecule has 5 nitrogen and oxygen atoms in total. The van der Waals surface area contributed by atoms with Gasteiger partial charge in [0, 0.05) is 43.3 Å². The average Bonchev–Trinajstić information content (AvgIpc) is 2.44. The first-order valence-electron chi connectivity index (χ1n) is 6.74. The molecule has 1 unspecified atom stereocenters. The molecule has 0 aliphatic carbocycles. The Morgan fingerprint density at radius 3 is 2.48 bits per heavy atom. The number of aliphatic hydroxyl groups excluding tert-OH is 1. The first kappa shape index (κ1) is 16.4. The SMILES string of the molecule is CC(O)C(=O)N1CCN(Cc2cc(Cl)cc(Cl)c2O)CC1. The van der Waals surface area contributed by atoms with E-state index in [0.29, 0.717) is 43.3 Å². The minimum atomic E-state index is -0.965. The first-order chi connectivity index (χ1) is 9.88. The molecule has 1 heterocycles. The van der Waals surface area contributed by atoms with Crippen LogP contribution in [-0.4, -0.2) is 58.2 Å². The number of phenols is 1. The zero-order chi connectivity index (χ0) is 15.6. The highest BCUT2D eigenvalue weighted by molar-refractivity contribution is 6.35. The Bertz CT molecular complexity index is 529.